The number of carbonyl (C=O) groups excluding carboxylic acids is 2. The fourth-order valence-corrected chi connectivity index (χ4v) is 2.82. The molecule has 0 bridgehead atoms. The molecular weight excluding hydrogens is 318 g/mol. The summed E-state index contributed by atoms with van der Waals surface area (Å²) in [6.07, 6.45) is 0. The fourth-order valence-electron chi connectivity index (χ4n) is 2.82. The predicted molar refractivity (Wildman–Crippen MR) is 91.1 cm³/mol. The number of nitrogens with one attached hydrogen (secondary N) is 1. The molecule has 7 nitrogen and oxygen atoms in total. The molecule has 1 aromatic heterocycles. The molecule has 0 saturated heterocycles. The molecule has 0 fully saturated rings. The number of anilines is 1. The lowest BCUT2D eigenvalue weighted by molar-refractivity contribution is -0.116. The first-order valence-electron chi connectivity index (χ1n) is 7.93. The Morgan fingerprint density at radius 3 is 2.80 bits per heavy atom. The lowest BCUT2D eigenvalue weighted by Crippen LogP contribution is -2.13. The number of hydrogen-bond donors (Lipinski definition) is 1. The van der Waals surface area contributed by atoms with Gasteiger partial charge in [0.25, 0.3) is 0 Å². The van der Waals surface area contributed by atoms with Crippen LogP contribution in [0.3, 0.4) is 0 Å². The van der Waals surface area contributed by atoms with Crippen molar-refractivity contribution in [3.05, 3.63) is 59.7 Å². The Kier molecular flexibility index (Phi) is 3.61. The van der Waals surface area contributed by atoms with Crippen molar-refractivity contribution in [1.82, 2.24) is 20.2 Å². The molecular formula is C18H15N5O2. The van der Waals surface area contributed by atoms with E-state index in [0.717, 1.165) is 16.8 Å². The Morgan fingerprint density at radius 1 is 1.20 bits per heavy atom. The normalized spacial score (nSPS) is 15.7. The fraction of sp³-hybridized carbons (Fsp3) is 0.167. The lowest BCUT2D eigenvalue weighted by Gasteiger charge is -2.05. The van der Waals surface area contributed by atoms with Crippen LogP contribution in [-0.2, 0) is 11.3 Å². The summed E-state index contributed by atoms with van der Waals surface area (Å²) in [7, 11) is 0. The van der Waals surface area contributed by atoms with Crippen LogP contribution in [0.25, 0.3) is 11.4 Å². The van der Waals surface area contributed by atoms with Gasteiger partial charge in [0.2, 0.25) is 11.7 Å². The van der Waals surface area contributed by atoms with E-state index in [1.807, 2.05) is 37.3 Å². The second-order valence-electron chi connectivity index (χ2n) is 5.95. The molecule has 1 amide bonds. The van der Waals surface area contributed by atoms with Crippen LogP contribution in [0, 0.1) is 0 Å². The maximum absolute atomic E-state index is 12.5. The monoisotopic (exact) mass is 333 g/mol. The van der Waals surface area contributed by atoms with Crippen LogP contribution in [0.1, 0.15) is 28.8 Å². The van der Waals surface area contributed by atoms with E-state index in [-0.39, 0.29) is 24.2 Å². The maximum Gasteiger partial charge on any atom is 0.231 e. The molecule has 3 aromatic rings. The highest BCUT2D eigenvalue weighted by molar-refractivity contribution is 6.04. The number of fused-ring (bicyclic) bond motifs is 1. The molecule has 2 heterocycles. The highest BCUT2D eigenvalue weighted by atomic mass is 16.2. The molecule has 0 spiro atoms. The number of amides is 1. The molecule has 25 heavy (non-hydrogen) atoms. The quantitative estimate of drug-likeness (QED) is 0.740. The van der Waals surface area contributed by atoms with Gasteiger partial charge in [-0.2, -0.15) is 4.80 Å². The largest absolute Gasteiger partial charge is 0.325 e. The van der Waals surface area contributed by atoms with E-state index in [0.29, 0.717) is 11.4 Å². The number of ketones is 1. The number of benzene rings is 2. The average Bonchev–Trinajstić information content (AvgIpc) is 3.21. The van der Waals surface area contributed by atoms with Gasteiger partial charge in [-0.05, 0) is 35.9 Å². The van der Waals surface area contributed by atoms with Crippen molar-refractivity contribution in [1.29, 1.82) is 0 Å². The highest BCUT2D eigenvalue weighted by Gasteiger charge is 2.27. The summed E-state index contributed by atoms with van der Waals surface area (Å²) >= 11 is 0. The summed E-state index contributed by atoms with van der Waals surface area (Å²) in [5.74, 6) is 0.0408. The zero-order valence-corrected chi connectivity index (χ0v) is 13.5. The number of aromatic nitrogens is 4. The number of Topliss-reactive ketones (excluding diaryl/α,β-unsaturated/α-hetero) is 1. The Morgan fingerprint density at radius 2 is 2.00 bits per heavy atom. The summed E-state index contributed by atoms with van der Waals surface area (Å²) in [6, 6.07) is 14.7. The smallest absolute Gasteiger partial charge is 0.231 e. The molecule has 0 radical (unpaired) electrons. The van der Waals surface area contributed by atoms with Gasteiger partial charge in [0, 0.05) is 16.8 Å². The second-order valence-corrected chi connectivity index (χ2v) is 5.95. The van der Waals surface area contributed by atoms with Gasteiger partial charge in [0.15, 0.2) is 5.78 Å². The first-order chi connectivity index (χ1) is 12.1. The third-order valence-electron chi connectivity index (χ3n) is 4.26. The van der Waals surface area contributed by atoms with Crippen molar-refractivity contribution in [2.24, 2.45) is 0 Å². The van der Waals surface area contributed by atoms with E-state index in [9.17, 15) is 9.59 Å². The van der Waals surface area contributed by atoms with Crippen LogP contribution in [0.4, 0.5) is 5.69 Å². The van der Waals surface area contributed by atoms with E-state index in [1.165, 1.54) is 4.80 Å². The van der Waals surface area contributed by atoms with E-state index < -0.39 is 0 Å². The Bertz CT molecular complexity index is 965. The van der Waals surface area contributed by atoms with Gasteiger partial charge < -0.3 is 5.32 Å². The maximum atomic E-state index is 12.5. The first-order valence-corrected chi connectivity index (χ1v) is 7.93. The number of tetrazole rings is 1. The van der Waals surface area contributed by atoms with Crippen LogP contribution in [0.15, 0.2) is 48.5 Å². The van der Waals surface area contributed by atoms with Crippen molar-refractivity contribution in [2.75, 3.05) is 5.32 Å². The Labute approximate surface area is 143 Å². The molecule has 0 unspecified atom stereocenters. The molecule has 1 N–H and O–H groups in total. The van der Waals surface area contributed by atoms with Crippen molar-refractivity contribution in [2.45, 2.75) is 19.4 Å². The summed E-state index contributed by atoms with van der Waals surface area (Å²) < 4.78 is 0. The second kappa shape index (κ2) is 5.94. The van der Waals surface area contributed by atoms with Crippen LogP contribution in [0.5, 0.6) is 0 Å². The van der Waals surface area contributed by atoms with Gasteiger partial charge in [-0.1, -0.05) is 30.3 Å². The van der Waals surface area contributed by atoms with Crippen molar-refractivity contribution in [3.63, 3.8) is 0 Å². The zero-order valence-electron chi connectivity index (χ0n) is 13.5. The molecule has 1 atom stereocenters. The van der Waals surface area contributed by atoms with Gasteiger partial charge in [0.05, 0.1) is 5.92 Å². The lowest BCUT2D eigenvalue weighted by atomic mass is 9.99. The Balaban J connectivity index is 1.54. The molecule has 0 aliphatic carbocycles. The van der Waals surface area contributed by atoms with Crippen LogP contribution < -0.4 is 5.32 Å². The van der Waals surface area contributed by atoms with Gasteiger partial charge in [-0.15, -0.1) is 10.2 Å². The van der Waals surface area contributed by atoms with Crippen LogP contribution >= 0.6 is 0 Å². The third kappa shape index (κ3) is 2.80. The SMILES string of the molecule is C[C@@H]1C(=O)Nc2ccc(C(=O)Cn3nnc(-c4ccccc4)n3)cc21. The zero-order chi connectivity index (χ0) is 17.4. The van der Waals surface area contributed by atoms with Crippen LogP contribution in [0.2, 0.25) is 0 Å². The molecule has 4 rings (SSSR count). The number of rotatable bonds is 4. The van der Waals surface area contributed by atoms with Crippen molar-refractivity contribution >= 4 is 17.4 Å². The highest BCUT2D eigenvalue weighted by Crippen LogP contribution is 2.32. The molecule has 2 aromatic carbocycles. The predicted octanol–water partition coefficient (Wildman–Crippen LogP) is 2.28. The number of carbonyl (C=O) groups is 2. The first kappa shape index (κ1) is 15.2. The van der Waals surface area contributed by atoms with Gasteiger partial charge in [-0.3, -0.25) is 9.59 Å². The summed E-state index contributed by atoms with van der Waals surface area (Å²) in [4.78, 5) is 25.5. The van der Waals surface area contributed by atoms with E-state index >= 15 is 0 Å². The van der Waals surface area contributed by atoms with E-state index in [4.69, 9.17) is 0 Å². The van der Waals surface area contributed by atoms with Gasteiger partial charge >= 0.3 is 0 Å². The van der Waals surface area contributed by atoms with E-state index in [1.54, 1.807) is 18.2 Å². The number of hydrogen-bond acceptors (Lipinski definition) is 5. The summed E-state index contributed by atoms with van der Waals surface area (Å²) in [6.45, 7) is 1.81. The summed E-state index contributed by atoms with van der Waals surface area (Å²) in [5.41, 5.74) is 2.98. The van der Waals surface area contributed by atoms with Crippen LogP contribution in [-0.4, -0.2) is 31.9 Å². The van der Waals surface area contributed by atoms with Crippen molar-refractivity contribution in [3.8, 4) is 11.4 Å². The van der Waals surface area contributed by atoms with Crippen molar-refractivity contribution < 1.29 is 9.59 Å². The molecule has 124 valence electrons. The molecule has 7 heteroatoms. The average molecular weight is 333 g/mol. The summed E-state index contributed by atoms with van der Waals surface area (Å²) in [5, 5.41) is 15.0. The van der Waals surface area contributed by atoms with Gasteiger partial charge in [0.1, 0.15) is 6.54 Å². The topological polar surface area (TPSA) is 89.8 Å². The molecule has 1 aliphatic rings. The minimum absolute atomic E-state index is 0.00558. The van der Waals surface area contributed by atoms with Gasteiger partial charge in [-0.25, -0.2) is 0 Å². The number of nitrogens with zero attached hydrogens (tertiary/aromatic N) is 4. The third-order valence-corrected chi connectivity index (χ3v) is 4.26. The minimum Gasteiger partial charge on any atom is -0.325 e. The molecule has 1 aliphatic heterocycles. The Hall–Kier alpha value is -3.35. The standard InChI is InChI=1S/C18H15N5O2/c1-11-14-9-13(7-8-15(14)19-18(11)25)16(24)10-23-21-17(20-22-23)12-5-3-2-4-6-12/h2-9,11H,10H2,1H3,(H,19,25)/t11-/m0/s1. The van der Waals surface area contributed by atoms with E-state index in [2.05, 4.69) is 20.7 Å². The molecule has 0 saturated carbocycles. The minimum atomic E-state index is -0.253.